The summed E-state index contributed by atoms with van der Waals surface area (Å²) in [5, 5.41) is 13.6. The number of hydrogen-bond acceptors (Lipinski definition) is 4. The number of carbonyl (C=O) groups is 3. The molecule has 0 radical (unpaired) electrons. The molecule has 1 aliphatic carbocycles. The van der Waals surface area contributed by atoms with Crippen molar-refractivity contribution >= 4 is 17.9 Å². The van der Waals surface area contributed by atoms with Crippen LogP contribution in [0.5, 0.6) is 0 Å². The van der Waals surface area contributed by atoms with Crippen molar-refractivity contribution in [1.82, 2.24) is 15.5 Å². The minimum atomic E-state index is -0.882. The molecule has 1 aliphatic rings. The second-order valence-corrected chi connectivity index (χ2v) is 5.83. The second-order valence-electron chi connectivity index (χ2n) is 5.83. The maximum atomic E-state index is 11.8. The third-order valence-electron chi connectivity index (χ3n) is 3.28. The fourth-order valence-electron chi connectivity index (χ4n) is 1.94. The standard InChI is InChI=1S/C14H25N3O4/c1-10(2)5-7-15-14(21)16-12(18)9-17(11-3-4-11)8-6-13(19)20/h10-11H,3-9H2,1-2H3,(H,19,20)(H2,15,16,18,21). The lowest BCUT2D eigenvalue weighted by atomic mass is 10.1. The monoisotopic (exact) mass is 299 g/mol. The number of carboxylic acids is 1. The van der Waals surface area contributed by atoms with Crippen molar-refractivity contribution in [3.63, 3.8) is 0 Å². The minimum absolute atomic E-state index is 0.00433. The van der Waals surface area contributed by atoms with Crippen LogP contribution in [0.2, 0.25) is 0 Å². The maximum absolute atomic E-state index is 11.8. The highest BCUT2D eigenvalue weighted by molar-refractivity contribution is 5.95. The summed E-state index contributed by atoms with van der Waals surface area (Å²) < 4.78 is 0. The lowest BCUT2D eigenvalue weighted by Crippen LogP contribution is -2.45. The summed E-state index contributed by atoms with van der Waals surface area (Å²) in [6.45, 7) is 5.04. The van der Waals surface area contributed by atoms with Gasteiger partial charge < -0.3 is 10.4 Å². The summed E-state index contributed by atoms with van der Waals surface area (Å²) in [5.41, 5.74) is 0. The van der Waals surface area contributed by atoms with E-state index < -0.39 is 17.9 Å². The Morgan fingerprint density at radius 3 is 2.48 bits per heavy atom. The van der Waals surface area contributed by atoms with Gasteiger partial charge >= 0.3 is 12.0 Å². The van der Waals surface area contributed by atoms with Crippen LogP contribution in [0.4, 0.5) is 4.79 Å². The van der Waals surface area contributed by atoms with Gasteiger partial charge in [0.15, 0.2) is 0 Å². The van der Waals surface area contributed by atoms with Gasteiger partial charge in [-0.25, -0.2) is 4.79 Å². The van der Waals surface area contributed by atoms with Gasteiger partial charge in [0.1, 0.15) is 0 Å². The molecule has 0 spiro atoms. The molecule has 0 aromatic heterocycles. The molecule has 1 rings (SSSR count). The molecule has 0 saturated heterocycles. The summed E-state index contributed by atoms with van der Waals surface area (Å²) in [5.74, 6) is -0.788. The number of urea groups is 1. The zero-order valence-corrected chi connectivity index (χ0v) is 12.7. The number of hydrogen-bond donors (Lipinski definition) is 3. The second kappa shape index (κ2) is 8.61. The first-order valence-electron chi connectivity index (χ1n) is 7.42. The lowest BCUT2D eigenvalue weighted by molar-refractivity contribution is -0.137. The van der Waals surface area contributed by atoms with Crippen molar-refractivity contribution in [3.05, 3.63) is 0 Å². The van der Waals surface area contributed by atoms with E-state index in [2.05, 4.69) is 24.5 Å². The predicted molar refractivity (Wildman–Crippen MR) is 77.8 cm³/mol. The Morgan fingerprint density at radius 1 is 1.29 bits per heavy atom. The number of rotatable bonds is 9. The number of carbonyl (C=O) groups excluding carboxylic acids is 2. The van der Waals surface area contributed by atoms with Gasteiger partial charge in [-0.05, 0) is 25.2 Å². The Labute approximate surface area is 125 Å². The predicted octanol–water partition coefficient (Wildman–Crippen LogP) is 0.797. The maximum Gasteiger partial charge on any atom is 0.321 e. The van der Waals surface area contributed by atoms with Gasteiger partial charge in [0.25, 0.3) is 0 Å². The number of imide groups is 1. The van der Waals surface area contributed by atoms with Crippen LogP contribution in [-0.2, 0) is 9.59 Å². The van der Waals surface area contributed by atoms with Crippen LogP contribution in [0.25, 0.3) is 0 Å². The van der Waals surface area contributed by atoms with Crippen LogP contribution < -0.4 is 10.6 Å². The SMILES string of the molecule is CC(C)CCNC(=O)NC(=O)CN(CCC(=O)O)C1CC1. The minimum Gasteiger partial charge on any atom is -0.481 e. The van der Waals surface area contributed by atoms with Crippen LogP contribution in [0.3, 0.4) is 0 Å². The van der Waals surface area contributed by atoms with Crippen molar-refractivity contribution in [3.8, 4) is 0 Å². The molecule has 7 heteroatoms. The lowest BCUT2D eigenvalue weighted by Gasteiger charge is -2.20. The Bertz CT molecular complexity index is 380. The highest BCUT2D eigenvalue weighted by atomic mass is 16.4. The van der Waals surface area contributed by atoms with Crippen molar-refractivity contribution < 1.29 is 19.5 Å². The first-order chi connectivity index (χ1) is 9.88. The molecular formula is C14H25N3O4. The largest absolute Gasteiger partial charge is 0.481 e. The molecule has 0 bridgehead atoms. The fourth-order valence-corrected chi connectivity index (χ4v) is 1.94. The van der Waals surface area contributed by atoms with E-state index in [9.17, 15) is 14.4 Å². The third kappa shape index (κ3) is 8.29. The van der Waals surface area contributed by atoms with Crippen LogP contribution in [0, 0.1) is 5.92 Å². The quantitative estimate of drug-likeness (QED) is 0.585. The Balaban J connectivity index is 2.26. The molecule has 0 heterocycles. The number of amides is 3. The highest BCUT2D eigenvalue weighted by Gasteiger charge is 2.30. The van der Waals surface area contributed by atoms with E-state index in [1.54, 1.807) is 0 Å². The molecule has 0 aliphatic heterocycles. The molecule has 120 valence electrons. The van der Waals surface area contributed by atoms with Crippen LogP contribution >= 0.6 is 0 Å². The van der Waals surface area contributed by atoms with Crippen molar-refractivity contribution in [2.75, 3.05) is 19.6 Å². The number of nitrogens with one attached hydrogen (secondary N) is 2. The van der Waals surface area contributed by atoms with Crippen LogP contribution in [0.1, 0.15) is 39.5 Å². The topological polar surface area (TPSA) is 98.7 Å². The molecule has 0 atom stereocenters. The van der Waals surface area contributed by atoms with Crippen molar-refractivity contribution in [2.24, 2.45) is 5.92 Å². The van der Waals surface area contributed by atoms with E-state index in [-0.39, 0.29) is 19.0 Å². The van der Waals surface area contributed by atoms with Crippen LogP contribution in [0.15, 0.2) is 0 Å². The molecule has 21 heavy (non-hydrogen) atoms. The summed E-state index contributed by atoms with van der Waals surface area (Å²) in [7, 11) is 0. The molecule has 3 N–H and O–H groups in total. The van der Waals surface area contributed by atoms with Gasteiger partial charge in [-0.2, -0.15) is 0 Å². The van der Waals surface area contributed by atoms with Gasteiger partial charge in [-0.15, -0.1) is 0 Å². The van der Waals surface area contributed by atoms with Gasteiger partial charge in [-0.3, -0.25) is 19.8 Å². The molecule has 7 nitrogen and oxygen atoms in total. The zero-order valence-electron chi connectivity index (χ0n) is 12.7. The molecule has 0 aromatic carbocycles. The molecule has 1 saturated carbocycles. The van der Waals surface area contributed by atoms with Crippen LogP contribution in [-0.4, -0.2) is 53.6 Å². The highest BCUT2D eigenvalue weighted by Crippen LogP contribution is 2.26. The Hall–Kier alpha value is -1.63. The summed E-state index contributed by atoms with van der Waals surface area (Å²) >= 11 is 0. The van der Waals surface area contributed by atoms with Crippen molar-refractivity contribution in [2.45, 2.75) is 45.6 Å². The number of nitrogens with zero attached hydrogens (tertiary/aromatic N) is 1. The Kier molecular flexibility index (Phi) is 7.14. The van der Waals surface area contributed by atoms with Gasteiger partial charge in [0.2, 0.25) is 5.91 Å². The molecular weight excluding hydrogens is 274 g/mol. The number of aliphatic carboxylic acids is 1. The van der Waals surface area contributed by atoms with E-state index in [1.807, 2.05) is 4.90 Å². The van der Waals surface area contributed by atoms with Gasteiger partial charge in [-0.1, -0.05) is 13.8 Å². The molecule has 1 fully saturated rings. The fraction of sp³-hybridized carbons (Fsp3) is 0.786. The van der Waals surface area contributed by atoms with E-state index >= 15 is 0 Å². The average Bonchev–Trinajstić information content (AvgIpc) is 3.17. The van der Waals surface area contributed by atoms with E-state index in [0.717, 1.165) is 19.3 Å². The Morgan fingerprint density at radius 2 is 1.95 bits per heavy atom. The summed E-state index contributed by atoms with van der Waals surface area (Å²) in [4.78, 5) is 35.7. The normalized spacial score (nSPS) is 14.3. The third-order valence-corrected chi connectivity index (χ3v) is 3.28. The van der Waals surface area contributed by atoms with E-state index in [1.165, 1.54) is 0 Å². The first-order valence-corrected chi connectivity index (χ1v) is 7.42. The van der Waals surface area contributed by atoms with E-state index in [0.29, 0.717) is 19.0 Å². The molecule has 0 unspecified atom stereocenters. The zero-order chi connectivity index (χ0) is 15.8. The molecule has 0 aromatic rings. The van der Waals surface area contributed by atoms with Gasteiger partial charge in [0, 0.05) is 19.1 Å². The first kappa shape index (κ1) is 17.4. The van der Waals surface area contributed by atoms with E-state index in [4.69, 9.17) is 5.11 Å². The van der Waals surface area contributed by atoms with Gasteiger partial charge in [0.05, 0.1) is 13.0 Å². The summed E-state index contributed by atoms with van der Waals surface area (Å²) in [6, 6.07) is -0.214. The average molecular weight is 299 g/mol. The van der Waals surface area contributed by atoms with Crippen molar-refractivity contribution in [1.29, 1.82) is 0 Å². The number of carboxylic acid groups (broad SMARTS) is 1. The molecule has 3 amide bonds. The summed E-state index contributed by atoms with van der Waals surface area (Å²) in [6.07, 6.45) is 2.82. The smallest absolute Gasteiger partial charge is 0.321 e.